The van der Waals surface area contributed by atoms with Gasteiger partial charge in [0.2, 0.25) is 0 Å². The Labute approximate surface area is 174 Å². The van der Waals surface area contributed by atoms with Gasteiger partial charge in [-0.15, -0.1) is 11.8 Å². The summed E-state index contributed by atoms with van der Waals surface area (Å²) >= 11 is 8.09. The van der Waals surface area contributed by atoms with Gasteiger partial charge in [0.05, 0.1) is 10.9 Å². The predicted molar refractivity (Wildman–Crippen MR) is 116 cm³/mol. The summed E-state index contributed by atoms with van der Waals surface area (Å²) < 4.78 is 1.90. The summed E-state index contributed by atoms with van der Waals surface area (Å²) in [7, 11) is 1.96. The van der Waals surface area contributed by atoms with E-state index in [1.54, 1.807) is 6.20 Å². The monoisotopic (exact) mass is 414 g/mol. The van der Waals surface area contributed by atoms with Gasteiger partial charge < -0.3 is 10.4 Å². The molecule has 0 fully saturated rings. The summed E-state index contributed by atoms with van der Waals surface area (Å²) in [6, 6.07) is 12.0. The van der Waals surface area contributed by atoms with Gasteiger partial charge in [-0.2, -0.15) is 5.10 Å². The van der Waals surface area contributed by atoms with Crippen LogP contribution in [0.4, 0.5) is 5.82 Å². The molecule has 28 heavy (non-hydrogen) atoms. The van der Waals surface area contributed by atoms with Crippen molar-refractivity contribution in [2.24, 2.45) is 7.05 Å². The molecular formula is C21H23ClN4OS. The van der Waals surface area contributed by atoms with E-state index in [1.165, 1.54) is 5.56 Å². The van der Waals surface area contributed by atoms with Crippen LogP contribution in [0, 0.1) is 6.92 Å². The summed E-state index contributed by atoms with van der Waals surface area (Å²) in [6.45, 7) is 3.05. The van der Waals surface area contributed by atoms with Crippen molar-refractivity contribution in [2.45, 2.75) is 23.8 Å². The molecule has 3 aromatic rings. The fourth-order valence-corrected chi connectivity index (χ4v) is 5.49. The molecule has 146 valence electrons. The number of aliphatic hydroxyl groups excluding tert-OH is 1. The summed E-state index contributed by atoms with van der Waals surface area (Å²) in [5, 5.41) is 19.0. The second-order valence-electron chi connectivity index (χ2n) is 6.98. The van der Waals surface area contributed by atoms with Gasteiger partial charge in [0, 0.05) is 42.2 Å². The first-order chi connectivity index (χ1) is 13.6. The fraction of sp³-hybridized carbons (Fsp3) is 0.333. The topological polar surface area (TPSA) is 63.0 Å². The van der Waals surface area contributed by atoms with Gasteiger partial charge in [0.25, 0.3) is 0 Å². The predicted octanol–water partition coefficient (Wildman–Crippen LogP) is 4.44. The van der Waals surface area contributed by atoms with E-state index in [0.29, 0.717) is 0 Å². The lowest BCUT2D eigenvalue weighted by molar-refractivity contribution is 0.288. The highest BCUT2D eigenvalue weighted by atomic mass is 35.5. The van der Waals surface area contributed by atoms with Crippen molar-refractivity contribution in [2.75, 3.05) is 18.5 Å². The maximum atomic E-state index is 9.53. The first-order valence-electron chi connectivity index (χ1n) is 9.33. The molecule has 0 amide bonds. The van der Waals surface area contributed by atoms with Crippen molar-refractivity contribution < 1.29 is 5.11 Å². The lowest BCUT2D eigenvalue weighted by Gasteiger charge is -2.22. The zero-order chi connectivity index (χ0) is 19.7. The molecule has 1 aliphatic heterocycles. The zero-order valence-electron chi connectivity index (χ0n) is 15.9. The number of rotatable bonds is 4. The van der Waals surface area contributed by atoms with Crippen LogP contribution in [0.3, 0.4) is 0 Å². The molecule has 2 N–H and O–H groups in total. The highest BCUT2D eigenvalue weighted by Gasteiger charge is 2.33. The number of hydrogen-bond donors (Lipinski definition) is 2. The number of aromatic nitrogens is 3. The number of pyridine rings is 1. The molecule has 0 radical (unpaired) electrons. The van der Waals surface area contributed by atoms with E-state index < -0.39 is 0 Å². The maximum Gasteiger partial charge on any atom is 0.129 e. The van der Waals surface area contributed by atoms with Crippen molar-refractivity contribution >= 4 is 29.2 Å². The van der Waals surface area contributed by atoms with Crippen molar-refractivity contribution in [1.82, 2.24) is 14.8 Å². The van der Waals surface area contributed by atoms with Crippen molar-refractivity contribution in [1.29, 1.82) is 0 Å². The van der Waals surface area contributed by atoms with Crippen LogP contribution in [0.15, 0.2) is 42.6 Å². The van der Waals surface area contributed by atoms with Gasteiger partial charge in [-0.1, -0.05) is 23.7 Å². The first kappa shape index (κ1) is 19.3. The van der Waals surface area contributed by atoms with Crippen molar-refractivity contribution in [3.63, 3.8) is 0 Å². The number of thioether (sulfide) groups is 1. The zero-order valence-corrected chi connectivity index (χ0v) is 17.5. The number of aliphatic hydroxyl groups is 1. The number of nitrogens with one attached hydrogen (secondary N) is 1. The molecule has 0 saturated carbocycles. The average molecular weight is 415 g/mol. The van der Waals surface area contributed by atoms with E-state index in [2.05, 4.69) is 23.3 Å². The van der Waals surface area contributed by atoms with Crippen LogP contribution >= 0.6 is 23.4 Å². The van der Waals surface area contributed by atoms with Crippen LogP contribution in [0.1, 0.15) is 28.4 Å². The molecule has 0 spiro atoms. The van der Waals surface area contributed by atoms with E-state index >= 15 is 0 Å². The quantitative estimate of drug-likeness (QED) is 0.660. The number of hydrogen-bond acceptors (Lipinski definition) is 5. The Morgan fingerprint density at radius 3 is 2.89 bits per heavy atom. The molecule has 1 aliphatic rings. The molecule has 0 unspecified atom stereocenters. The van der Waals surface area contributed by atoms with Crippen molar-refractivity contribution in [3.8, 4) is 11.4 Å². The lowest BCUT2D eigenvalue weighted by atomic mass is 9.98. The normalized spacial score (nSPS) is 19.0. The highest BCUT2D eigenvalue weighted by Crippen LogP contribution is 2.48. The van der Waals surface area contributed by atoms with Crippen LogP contribution in [-0.2, 0) is 7.05 Å². The SMILES string of the molecule is Cc1cc(Cl)ccc1[C@H]1S[C@H](CCO)CNc2c1c(-c1ccccn1)nn2C. The first-order valence-corrected chi connectivity index (χ1v) is 10.6. The number of fused-ring (bicyclic) bond motifs is 1. The van der Waals surface area contributed by atoms with Crippen LogP contribution in [-0.4, -0.2) is 38.3 Å². The molecule has 2 atom stereocenters. The summed E-state index contributed by atoms with van der Waals surface area (Å²) in [6.07, 6.45) is 2.53. The Hall–Kier alpha value is -2.02. The number of anilines is 1. The molecule has 3 heterocycles. The Morgan fingerprint density at radius 1 is 1.32 bits per heavy atom. The second-order valence-corrected chi connectivity index (χ2v) is 8.83. The van der Waals surface area contributed by atoms with Crippen molar-refractivity contribution in [3.05, 3.63) is 64.3 Å². The summed E-state index contributed by atoms with van der Waals surface area (Å²) in [5.74, 6) is 1.01. The Morgan fingerprint density at radius 2 is 2.18 bits per heavy atom. The Bertz CT molecular complexity index is 976. The third-order valence-corrected chi connectivity index (χ3v) is 6.83. The summed E-state index contributed by atoms with van der Waals surface area (Å²) in [4.78, 5) is 4.55. The minimum absolute atomic E-state index is 0.0736. The van der Waals surface area contributed by atoms with Crippen LogP contribution < -0.4 is 5.32 Å². The second kappa shape index (κ2) is 8.15. The van der Waals surface area contributed by atoms with E-state index in [-0.39, 0.29) is 17.1 Å². The molecule has 2 aromatic heterocycles. The number of nitrogens with zero attached hydrogens (tertiary/aromatic N) is 3. The van der Waals surface area contributed by atoms with Gasteiger partial charge in [0.1, 0.15) is 11.5 Å². The van der Waals surface area contributed by atoms with Gasteiger partial charge in [-0.3, -0.25) is 9.67 Å². The molecule has 4 rings (SSSR count). The largest absolute Gasteiger partial charge is 0.396 e. The number of aryl methyl sites for hydroxylation is 2. The molecule has 7 heteroatoms. The Kier molecular flexibility index (Phi) is 5.62. The molecule has 5 nitrogen and oxygen atoms in total. The molecule has 0 saturated heterocycles. The smallest absolute Gasteiger partial charge is 0.129 e. The van der Waals surface area contributed by atoms with Crippen LogP contribution in [0.5, 0.6) is 0 Å². The van der Waals surface area contributed by atoms with Gasteiger partial charge >= 0.3 is 0 Å². The third-order valence-electron chi connectivity index (χ3n) is 5.04. The number of benzene rings is 1. The highest BCUT2D eigenvalue weighted by molar-refractivity contribution is 8.00. The van der Waals surface area contributed by atoms with Gasteiger partial charge in [0.15, 0.2) is 0 Å². The molecule has 0 aliphatic carbocycles. The molecular weight excluding hydrogens is 392 g/mol. The number of halogens is 1. The van der Waals surface area contributed by atoms with Gasteiger partial charge in [-0.25, -0.2) is 0 Å². The van der Waals surface area contributed by atoms with Crippen LogP contribution in [0.2, 0.25) is 5.02 Å². The molecule has 1 aromatic carbocycles. The van der Waals surface area contributed by atoms with E-state index in [4.69, 9.17) is 16.7 Å². The van der Waals surface area contributed by atoms with E-state index in [9.17, 15) is 5.11 Å². The average Bonchev–Trinajstić information content (AvgIpc) is 2.89. The molecule has 0 bridgehead atoms. The van der Waals surface area contributed by atoms with Gasteiger partial charge in [-0.05, 0) is 48.7 Å². The van der Waals surface area contributed by atoms with E-state index in [1.807, 2.05) is 53.8 Å². The fourth-order valence-electron chi connectivity index (χ4n) is 3.69. The Balaban J connectivity index is 1.90. The standard InChI is InChI=1S/C21H23ClN4OS/c1-13-11-14(22)6-7-16(13)20-18-19(17-5-3-4-9-23-17)25-26(2)21(18)24-12-15(28-20)8-10-27/h3-7,9,11,15,20,24,27H,8,10,12H2,1-2H3/t15-,20-/m1/s1. The lowest BCUT2D eigenvalue weighted by Crippen LogP contribution is -2.18. The summed E-state index contributed by atoms with van der Waals surface area (Å²) in [5.41, 5.74) is 5.25. The third kappa shape index (κ3) is 3.64. The minimum Gasteiger partial charge on any atom is -0.396 e. The van der Waals surface area contributed by atoms with Crippen LogP contribution in [0.25, 0.3) is 11.4 Å². The maximum absolute atomic E-state index is 9.53. The minimum atomic E-state index is 0.0736. The van der Waals surface area contributed by atoms with E-state index in [0.717, 1.165) is 46.3 Å².